The molecule has 0 spiro atoms. The van der Waals surface area contributed by atoms with E-state index in [4.69, 9.17) is 16.7 Å². The van der Waals surface area contributed by atoms with Crippen LogP contribution in [0.3, 0.4) is 0 Å². The van der Waals surface area contributed by atoms with Crippen molar-refractivity contribution >= 4 is 40.7 Å². The second-order valence-corrected chi connectivity index (χ2v) is 10.0. The Bertz CT molecular complexity index is 1650. The van der Waals surface area contributed by atoms with Crippen molar-refractivity contribution in [2.45, 2.75) is 19.6 Å². The molecule has 1 aliphatic rings. The number of carboxylic acid groups (broad SMARTS) is 1. The van der Waals surface area contributed by atoms with Crippen LogP contribution in [-0.4, -0.2) is 49.0 Å². The molecule has 0 saturated carbocycles. The fraction of sp³-hybridized carbons (Fsp3) is 0.148. The molecular formula is C27H21ClN4O6S. The van der Waals surface area contributed by atoms with Gasteiger partial charge in [-0.1, -0.05) is 41.9 Å². The first-order valence-electron chi connectivity index (χ1n) is 11.7. The number of carbonyl (C=O) groups excluding carboxylic acids is 2. The zero-order valence-corrected chi connectivity index (χ0v) is 21.8. The molecule has 0 fully saturated rings. The van der Waals surface area contributed by atoms with E-state index in [1.54, 1.807) is 17.5 Å². The normalized spacial score (nSPS) is 12.3. The van der Waals surface area contributed by atoms with Crippen molar-refractivity contribution in [3.8, 4) is 16.9 Å². The number of nitrogens with one attached hydrogen (secondary N) is 1. The molecule has 39 heavy (non-hydrogen) atoms. The summed E-state index contributed by atoms with van der Waals surface area (Å²) >= 11 is 7.28. The smallest absolute Gasteiger partial charge is 0.322 e. The Labute approximate surface area is 230 Å². The molecule has 3 heterocycles. The largest absolute Gasteiger partial charge is 0.506 e. The second kappa shape index (κ2) is 10.7. The van der Waals surface area contributed by atoms with Crippen molar-refractivity contribution in [1.29, 1.82) is 0 Å². The molecule has 0 radical (unpaired) electrons. The van der Waals surface area contributed by atoms with E-state index in [0.29, 0.717) is 10.7 Å². The Morgan fingerprint density at radius 2 is 1.85 bits per heavy atom. The molecule has 0 unspecified atom stereocenters. The number of carboxylic acids is 1. The number of amides is 2. The average molecular weight is 565 g/mol. The lowest BCUT2D eigenvalue weighted by Gasteiger charge is -2.16. The third-order valence-corrected chi connectivity index (χ3v) is 7.19. The summed E-state index contributed by atoms with van der Waals surface area (Å²) in [6.07, 6.45) is 0. The van der Waals surface area contributed by atoms with E-state index < -0.39 is 35.3 Å². The van der Waals surface area contributed by atoms with Crippen LogP contribution in [0.15, 0.2) is 64.2 Å². The highest BCUT2D eigenvalue weighted by atomic mass is 35.5. The Balaban J connectivity index is 1.57. The summed E-state index contributed by atoms with van der Waals surface area (Å²) in [6.45, 7) is -0.725. The topological polar surface area (TPSA) is 142 Å². The number of halogens is 1. The summed E-state index contributed by atoms with van der Waals surface area (Å²) in [5.41, 5.74) is 3.55. The van der Waals surface area contributed by atoms with E-state index in [-0.39, 0.29) is 36.8 Å². The van der Waals surface area contributed by atoms with Crippen LogP contribution in [0.2, 0.25) is 5.02 Å². The van der Waals surface area contributed by atoms with Gasteiger partial charge in [0.05, 0.1) is 25.1 Å². The van der Waals surface area contributed by atoms with E-state index >= 15 is 0 Å². The van der Waals surface area contributed by atoms with Crippen LogP contribution in [0.4, 0.5) is 0 Å². The number of thiazole rings is 1. The van der Waals surface area contributed by atoms with E-state index in [9.17, 15) is 24.3 Å². The number of carbonyl (C=O) groups is 3. The van der Waals surface area contributed by atoms with Crippen molar-refractivity contribution in [2.24, 2.45) is 0 Å². The van der Waals surface area contributed by atoms with Crippen molar-refractivity contribution in [1.82, 2.24) is 19.8 Å². The number of aromatic nitrogens is 2. The first-order valence-corrected chi connectivity index (χ1v) is 13.0. The van der Waals surface area contributed by atoms with E-state index in [1.165, 1.54) is 26.3 Å². The van der Waals surface area contributed by atoms with Gasteiger partial charge in [-0.05, 0) is 34.9 Å². The Morgan fingerprint density at radius 1 is 1.08 bits per heavy atom. The van der Waals surface area contributed by atoms with Gasteiger partial charge in [0, 0.05) is 21.7 Å². The number of pyridine rings is 1. The van der Waals surface area contributed by atoms with Crippen molar-refractivity contribution in [2.75, 3.05) is 6.54 Å². The third-order valence-electron chi connectivity index (χ3n) is 6.36. The van der Waals surface area contributed by atoms with Crippen molar-refractivity contribution in [3.05, 3.63) is 103 Å². The molecule has 2 amide bonds. The lowest BCUT2D eigenvalue weighted by atomic mass is 10.0. The molecule has 10 nitrogen and oxygen atoms in total. The van der Waals surface area contributed by atoms with Gasteiger partial charge in [-0.15, -0.1) is 11.3 Å². The minimum Gasteiger partial charge on any atom is -0.506 e. The molecule has 0 saturated heterocycles. The van der Waals surface area contributed by atoms with Gasteiger partial charge in [0.25, 0.3) is 17.4 Å². The summed E-state index contributed by atoms with van der Waals surface area (Å²) in [4.78, 5) is 55.9. The molecule has 2 aromatic carbocycles. The zero-order valence-electron chi connectivity index (χ0n) is 20.3. The van der Waals surface area contributed by atoms with Gasteiger partial charge in [-0.25, -0.2) is 4.98 Å². The molecule has 1 aliphatic heterocycles. The van der Waals surface area contributed by atoms with Crippen LogP contribution in [0.1, 0.15) is 37.7 Å². The minimum atomic E-state index is -1.30. The number of rotatable bonds is 7. The summed E-state index contributed by atoms with van der Waals surface area (Å²) in [5.74, 6) is -3.27. The fourth-order valence-electron chi connectivity index (χ4n) is 4.50. The van der Waals surface area contributed by atoms with Crippen LogP contribution < -0.4 is 10.9 Å². The van der Waals surface area contributed by atoms with Gasteiger partial charge in [-0.3, -0.25) is 19.2 Å². The molecule has 5 rings (SSSR count). The maximum absolute atomic E-state index is 13.6. The van der Waals surface area contributed by atoms with Crippen LogP contribution >= 0.6 is 22.9 Å². The van der Waals surface area contributed by atoms with E-state index in [0.717, 1.165) is 16.7 Å². The predicted molar refractivity (Wildman–Crippen MR) is 144 cm³/mol. The SMILES string of the molecule is O=C(O)CNC(=O)c1c(O)c2c(n(Cc3cccc(-c4ccc(Cl)cc4)c3)c1=O)CN(C(=O)c1cscn1)C2. The molecule has 0 bridgehead atoms. The summed E-state index contributed by atoms with van der Waals surface area (Å²) in [6, 6.07) is 14.8. The lowest BCUT2D eigenvalue weighted by Crippen LogP contribution is -2.37. The molecule has 198 valence electrons. The van der Waals surface area contributed by atoms with E-state index in [2.05, 4.69) is 10.3 Å². The number of nitrogens with zero attached hydrogens (tertiary/aromatic N) is 3. The number of aliphatic carboxylic acids is 1. The highest BCUT2D eigenvalue weighted by Gasteiger charge is 2.34. The maximum atomic E-state index is 13.6. The van der Waals surface area contributed by atoms with E-state index in [1.807, 2.05) is 36.4 Å². The summed E-state index contributed by atoms with van der Waals surface area (Å²) in [7, 11) is 0. The van der Waals surface area contributed by atoms with Crippen LogP contribution in [-0.2, 0) is 24.4 Å². The van der Waals surface area contributed by atoms with Gasteiger partial charge < -0.3 is 25.0 Å². The second-order valence-electron chi connectivity index (χ2n) is 8.86. The first kappa shape index (κ1) is 26.1. The first-order chi connectivity index (χ1) is 18.7. The van der Waals surface area contributed by atoms with Crippen LogP contribution in [0.25, 0.3) is 11.1 Å². The Kier molecular flexibility index (Phi) is 7.18. The molecule has 4 aromatic rings. The van der Waals surface area contributed by atoms with Crippen LogP contribution in [0, 0.1) is 0 Å². The minimum absolute atomic E-state index is 0.0163. The highest BCUT2D eigenvalue weighted by Crippen LogP contribution is 2.33. The fourth-order valence-corrected chi connectivity index (χ4v) is 5.15. The standard InChI is InChI=1S/C27H21ClN4O6S/c28-18-6-4-16(5-7-18)17-3-1-2-15(8-17)10-32-21-12-31(26(37)20-13-39-14-30-20)11-19(21)24(35)23(27(32)38)25(36)29-9-22(33)34/h1-8,13-14,35H,9-12H2,(H,29,36)(H,33,34). The van der Waals surface area contributed by atoms with Gasteiger partial charge in [0.2, 0.25) is 0 Å². The molecular weight excluding hydrogens is 544 g/mol. The third kappa shape index (κ3) is 5.27. The van der Waals surface area contributed by atoms with Gasteiger partial charge in [-0.2, -0.15) is 0 Å². The van der Waals surface area contributed by atoms with Gasteiger partial charge in [0.15, 0.2) is 0 Å². The zero-order chi connectivity index (χ0) is 27.7. The van der Waals surface area contributed by atoms with Gasteiger partial charge in [0.1, 0.15) is 23.6 Å². The predicted octanol–water partition coefficient (Wildman–Crippen LogP) is 3.35. The highest BCUT2D eigenvalue weighted by molar-refractivity contribution is 7.07. The number of hydrogen-bond acceptors (Lipinski definition) is 7. The number of hydrogen-bond donors (Lipinski definition) is 3. The molecule has 2 aromatic heterocycles. The monoisotopic (exact) mass is 564 g/mol. The van der Waals surface area contributed by atoms with Crippen molar-refractivity contribution in [3.63, 3.8) is 0 Å². The molecule has 3 N–H and O–H groups in total. The number of fused-ring (bicyclic) bond motifs is 1. The molecule has 12 heteroatoms. The number of aromatic hydroxyl groups is 1. The molecule has 0 atom stereocenters. The summed E-state index contributed by atoms with van der Waals surface area (Å²) < 4.78 is 1.35. The lowest BCUT2D eigenvalue weighted by molar-refractivity contribution is -0.135. The van der Waals surface area contributed by atoms with Crippen LogP contribution in [0.5, 0.6) is 5.75 Å². The number of benzene rings is 2. The Morgan fingerprint density at radius 3 is 2.54 bits per heavy atom. The molecule has 0 aliphatic carbocycles. The maximum Gasteiger partial charge on any atom is 0.322 e. The Hall–Kier alpha value is -4.48. The average Bonchev–Trinajstić information content (AvgIpc) is 3.61. The summed E-state index contributed by atoms with van der Waals surface area (Å²) in [5, 5.41) is 24.3. The van der Waals surface area contributed by atoms with Crippen molar-refractivity contribution < 1.29 is 24.6 Å². The van der Waals surface area contributed by atoms with Gasteiger partial charge >= 0.3 is 5.97 Å². The quantitative estimate of drug-likeness (QED) is 0.312.